The van der Waals surface area contributed by atoms with Gasteiger partial charge >= 0.3 is 5.97 Å². The molecule has 6 nitrogen and oxygen atoms in total. The van der Waals surface area contributed by atoms with E-state index in [1.54, 1.807) is 0 Å². The molecule has 0 saturated carbocycles. The molecule has 6 heteroatoms. The highest BCUT2D eigenvalue weighted by molar-refractivity contribution is 5.75. The lowest BCUT2D eigenvalue weighted by atomic mass is 9.96. The lowest BCUT2D eigenvalue weighted by Crippen LogP contribution is -2.35. The summed E-state index contributed by atoms with van der Waals surface area (Å²) in [7, 11) is 0. The van der Waals surface area contributed by atoms with Gasteiger partial charge < -0.3 is 9.52 Å². The Morgan fingerprint density at radius 1 is 0.912 bits per heavy atom. The maximum Gasteiger partial charge on any atom is 0.306 e. The molecule has 0 aliphatic carbocycles. The zero-order valence-electron chi connectivity index (χ0n) is 19.1. The topological polar surface area (TPSA) is 79.5 Å². The Labute approximate surface area is 198 Å². The Hall–Kier alpha value is -3.77. The van der Waals surface area contributed by atoms with Crippen LogP contribution >= 0.6 is 0 Å². The number of carboxylic acid groups (broad SMARTS) is 1. The number of rotatable bonds is 6. The minimum Gasteiger partial charge on any atom is -0.481 e. The summed E-state index contributed by atoms with van der Waals surface area (Å²) in [4.78, 5) is 13.5. The molecule has 1 saturated heterocycles. The molecule has 2 heterocycles. The van der Waals surface area contributed by atoms with Gasteiger partial charge in [-0.05, 0) is 73.3 Å². The molecular weight excluding hydrogens is 426 g/mol. The average molecular weight is 454 g/mol. The number of aromatic nitrogens is 2. The van der Waals surface area contributed by atoms with Crippen LogP contribution in [0.15, 0.2) is 77.2 Å². The van der Waals surface area contributed by atoms with Crippen molar-refractivity contribution in [1.29, 1.82) is 0 Å². The maximum absolute atomic E-state index is 11.2. The van der Waals surface area contributed by atoms with Crippen molar-refractivity contribution in [1.82, 2.24) is 15.1 Å². The van der Waals surface area contributed by atoms with Crippen molar-refractivity contribution in [2.75, 3.05) is 13.1 Å². The smallest absolute Gasteiger partial charge is 0.306 e. The summed E-state index contributed by atoms with van der Waals surface area (Å²) in [6.07, 6.45) is 1.40. The van der Waals surface area contributed by atoms with Crippen LogP contribution in [0.3, 0.4) is 0 Å². The van der Waals surface area contributed by atoms with Crippen LogP contribution in [0.4, 0.5) is 0 Å². The largest absolute Gasteiger partial charge is 0.481 e. The second-order valence-corrected chi connectivity index (χ2v) is 8.85. The lowest BCUT2D eigenvalue weighted by molar-refractivity contribution is -0.143. The van der Waals surface area contributed by atoms with Gasteiger partial charge in [-0.2, -0.15) is 0 Å². The second kappa shape index (κ2) is 9.61. The highest BCUT2D eigenvalue weighted by Crippen LogP contribution is 2.32. The number of carboxylic acids is 1. The Morgan fingerprint density at radius 2 is 1.59 bits per heavy atom. The zero-order valence-corrected chi connectivity index (χ0v) is 19.1. The predicted molar refractivity (Wildman–Crippen MR) is 131 cm³/mol. The summed E-state index contributed by atoms with van der Waals surface area (Å²) in [5.41, 5.74) is 6.36. The van der Waals surface area contributed by atoms with Gasteiger partial charge in [-0.3, -0.25) is 9.69 Å². The zero-order chi connectivity index (χ0) is 23.5. The minimum absolute atomic E-state index is 0.219. The summed E-state index contributed by atoms with van der Waals surface area (Å²) in [5.74, 6) is 0.0963. The van der Waals surface area contributed by atoms with Gasteiger partial charge in [-0.1, -0.05) is 54.6 Å². The van der Waals surface area contributed by atoms with E-state index in [1.165, 1.54) is 0 Å². The third-order valence-corrected chi connectivity index (χ3v) is 6.59. The van der Waals surface area contributed by atoms with E-state index >= 15 is 0 Å². The monoisotopic (exact) mass is 453 g/mol. The standard InChI is InChI=1S/C28H27N3O3/c1-19-24(21-8-3-2-4-9-21)11-6-12-25(19)27-30-29-26(34-27)23-10-5-7-20(17-23)18-31-15-13-22(14-16-31)28(32)33/h2-12,17,22H,13-16,18H2,1H3,(H,32,33). The predicted octanol–water partition coefficient (Wildman–Crippen LogP) is 5.68. The van der Waals surface area contributed by atoms with Crippen molar-refractivity contribution >= 4 is 5.97 Å². The van der Waals surface area contributed by atoms with Crippen LogP contribution in [0, 0.1) is 12.8 Å². The molecule has 0 unspecified atom stereocenters. The highest BCUT2D eigenvalue weighted by atomic mass is 16.4. The molecular formula is C28H27N3O3. The molecule has 1 aliphatic rings. The Bertz CT molecular complexity index is 1290. The van der Waals surface area contributed by atoms with Crippen LogP contribution in [-0.4, -0.2) is 39.3 Å². The van der Waals surface area contributed by atoms with Crippen molar-refractivity contribution in [2.45, 2.75) is 26.3 Å². The van der Waals surface area contributed by atoms with Gasteiger partial charge in [0, 0.05) is 17.7 Å². The van der Waals surface area contributed by atoms with Crippen molar-refractivity contribution < 1.29 is 14.3 Å². The molecule has 172 valence electrons. The third kappa shape index (κ3) is 4.63. The van der Waals surface area contributed by atoms with Gasteiger partial charge in [0.2, 0.25) is 11.8 Å². The molecule has 0 spiro atoms. The number of nitrogens with zero attached hydrogens (tertiary/aromatic N) is 3. The third-order valence-electron chi connectivity index (χ3n) is 6.59. The fourth-order valence-corrected chi connectivity index (χ4v) is 4.65. The van der Waals surface area contributed by atoms with Crippen molar-refractivity contribution in [3.63, 3.8) is 0 Å². The molecule has 3 aromatic carbocycles. The molecule has 1 N–H and O–H groups in total. The summed E-state index contributed by atoms with van der Waals surface area (Å²) < 4.78 is 6.11. The molecule has 0 amide bonds. The van der Waals surface area contributed by atoms with Crippen molar-refractivity contribution in [3.8, 4) is 34.0 Å². The molecule has 1 aliphatic heterocycles. The van der Waals surface area contributed by atoms with Gasteiger partial charge in [0.05, 0.1) is 5.92 Å². The first kappa shape index (κ1) is 22.0. The Morgan fingerprint density at radius 3 is 2.35 bits per heavy atom. The van der Waals surface area contributed by atoms with E-state index in [0.29, 0.717) is 24.6 Å². The number of likely N-dealkylation sites (tertiary alicyclic amines) is 1. The van der Waals surface area contributed by atoms with E-state index in [0.717, 1.165) is 53.0 Å². The van der Waals surface area contributed by atoms with E-state index < -0.39 is 5.97 Å². The maximum atomic E-state index is 11.2. The van der Waals surface area contributed by atoms with Crippen LogP contribution < -0.4 is 0 Å². The van der Waals surface area contributed by atoms with Gasteiger partial charge in [0.1, 0.15) is 0 Å². The lowest BCUT2D eigenvalue weighted by Gasteiger charge is -2.30. The Kier molecular flexibility index (Phi) is 6.23. The number of aliphatic carboxylic acids is 1. The molecule has 0 radical (unpaired) electrons. The number of hydrogen-bond acceptors (Lipinski definition) is 5. The van der Waals surface area contributed by atoms with Gasteiger partial charge in [-0.15, -0.1) is 10.2 Å². The molecule has 34 heavy (non-hydrogen) atoms. The fraction of sp³-hybridized carbons (Fsp3) is 0.250. The minimum atomic E-state index is -0.682. The number of hydrogen-bond donors (Lipinski definition) is 1. The van der Waals surface area contributed by atoms with Crippen LogP contribution in [0.2, 0.25) is 0 Å². The molecule has 5 rings (SSSR count). The van der Waals surface area contributed by atoms with Gasteiger partial charge in [0.15, 0.2) is 0 Å². The van der Waals surface area contributed by atoms with E-state index in [-0.39, 0.29) is 5.92 Å². The quantitative estimate of drug-likeness (QED) is 0.405. The molecule has 1 aromatic heterocycles. The van der Waals surface area contributed by atoms with Crippen molar-refractivity contribution in [2.24, 2.45) is 5.92 Å². The second-order valence-electron chi connectivity index (χ2n) is 8.85. The van der Waals surface area contributed by atoms with Crippen LogP contribution in [-0.2, 0) is 11.3 Å². The summed E-state index contributed by atoms with van der Waals surface area (Å²) in [5, 5.41) is 17.9. The summed E-state index contributed by atoms with van der Waals surface area (Å²) in [6.45, 7) is 4.45. The number of carbonyl (C=O) groups is 1. The van der Waals surface area contributed by atoms with Crippen LogP contribution in [0.1, 0.15) is 24.0 Å². The first-order valence-electron chi connectivity index (χ1n) is 11.6. The summed E-state index contributed by atoms with van der Waals surface area (Å²) in [6, 6.07) is 24.5. The molecule has 4 aromatic rings. The first-order chi connectivity index (χ1) is 16.6. The fourth-order valence-electron chi connectivity index (χ4n) is 4.65. The molecule has 0 bridgehead atoms. The van der Waals surface area contributed by atoms with Gasteiger partial charge in [-0.25, -0.2) is 0 Å². The molecule has 1 fully saturated rings. The molecule has 0 atom stereocenters. The summed E-state index contributed by atoms with van der Waals surface area (Å²) >= 11 is 0. The first-order valence-corrected chi connectivity index (χ1v) is 11.6. The normalized spacial score (nSPS) is 14.9. The Balaban J connectivity index is 1.34. The van der Waals surface area contributed by atoms with E-state index in [4.69, 9.17) is 4.42 Å². The van der Waals surface area contributed by atoms with E-state index in [2.05, 4.69) is 52.4 Å². The SMILES string of the molecule is Cc1c(-c2ccccc2)cccc1-c1nnc(-c2cccc(CN3CCC(C(=O)O)CC3)c2)o1. The van der Waals surface area contributed by atoms with Crippen molar-refractivity contribution in [3.05, 3.63) is 83.9 Å². The van der Waals surface area contributed by atoms with Crippen LogP contribution in [0.5, 0.6) is 0 Å². The number of benzene rings is 3. The average Bonchev–Trinajstić information content (AvgIpc) is 3.35. The van der Waals surface area contributed by atoms with Crippen LogP contribution in [0.25, 0.3) is 34.0 Å². The highest BCUT2D eigenvalue weighted by Gasteiger charge is 2.24. The van der Waals surface area contributed by atoms with E-state index in [1.807, 2.05) is 42.5 Å². The van der Waals surface area contributed by atoms with E-state index in [9.17, 15) is 9.90 Å². The van der Waals surface area contributed by atoms with Gasteiger partial charge in [0.25, 0.3) is 0 Å². The number of piperidine rings is 1.